The van der Waals surface area contributed by atoms with Crippen molar-refractivity contribution in [3.05, 3.63) is 47.4 Å². The molecule has 0 radical (unpaired) electrons. The van der Waals surface area contributed by atoms with Gasteiger partial charge in [0.2, 0.25) is 0 Å². The quantitative estimate of drug-likeness (QED) is 0.794. The Balaban J connectivity index is 1.42. The second-order valence-corrected chi connectivity index (χ2v) is 8.05. The maximum absolute atomic E-state index is 11.6. The van der Waals surface area contributed by atoms with Gasteiger partial charge in [-0.1, -0.05) is 0 Å². The zero-order chi connectivity index (χ0) is 20.5. The lowest BCUT2D eigenvalue weighted by Crippen LogP contribution is -2.42. The van der Waals surface area contributed by atoms with Gasteiger partial charge < -0.3 is 19.5 Å². The van der Waals surface area contributed by atoms with Crippen molar-refractivity contribution >= 4 is 11.8 Å². The monoisotopic (exact) mass is 397 g/mol. The van der Waals surface area contributed by atoms with E-state index in [-0.39, 0.29) is 12.1 Å². The summed E-state index contributed by atoms with van der Waals surface area (Å²) in [6, 6.07) is 7.46. The van der Waals surface area contributed by atoms with Gasteiger partial charge in [0.1, 0.15) is 17.7 Å². The number of aryl methyl sites for hydroxylation is 2. The van der Waals surface area contributed by atoms with Crippen molar-refractivity contribution in [1.82, 2.24) is 9.97 Å². The van der Waals surface area contributed by atoms with Gasteiger partial charge in [0.15, 0.2) is 0 Å². The molecule has 1 saturated heterocycles. The van der Waals surface area contributed by atoms with Crippen LogP contribution in [0.25, 0.3) is 0 Å². The molecule has 0 bridgehead atoms. The molecule has 2 aromatic rings. The van der Waals surface area contributed by atoms with Crippen LogP contribution >= 0.6 is 0 Å². The molecule has 7 nitrogen and oxygen atoms in total. The lowest BCUT2D eigenvalue weighted by Gasteiger charge is -2.35. The van der Waals surface area contributed by atoms with Crippen LogP contribution in [0.5, 0.6) is 5.75 Å². The third kappa shape index (κ3) is 4.05. The van der Waals surface area contributed by atoms with Crippen LogP contribution in [0, 0.1) is 25.7 Å². The van der Waals surface area contributed by atoms with Crippen LogP contribution in [0.2, 0.25) is 0 Å². The van der Waals surface area contributed by atoms with E-state index in [0.29, 0.717) is 23.8 Å². The number of rotatable bonds is 4. The number of methoxy groups -OCH3 is 1. The van der Waals surface area contributed by atoms with E-state index < -0.39 is 6.10 Å². The molecule has 1 N–H and O–H groups in total. The summed E-state index contributed by atoms with van der Waals surface area (Å²) in [6.07, 6.45) is 2.35. The lowest BCUT2D eigenvalue weighted by molar-refractivity contribution is -0.0236. The number of aliphatic hydroxyl groups is 1. The number of nitrogens with zero attached hydrogens (tertiary/aromatic N) is 3. The van der Waals surface area contributed by atoms with E-state index in [9.17, 15) is 9.90 Å². The summed E-state index contributed by atoms with van der Waals surface area (Å²) in [5.41, 5.74) is 2.25. The zero-order valence-corrected chi connectivity index (χ0v) is 17.0. The van der Waals surface area contributed by atoms with Crippen LogP contribution < -0.4 is 9.64 Å². The first kappa shape index (κ1) is 19.6. The number of hydrogen-bond acceptors (Lipinski definition) is 7. The summed E-state index contributed by atoms with van der Waals surface area (Å²) in [7, 11) is 1.36. The van der Waals surface area contributed by atoms with Crippen molar-refractivity contribution in [2.24, 2.45) is 11.8 Å². The van der Waals surface area contributed by atoms with Crippen molar-refractivity contribution in [3.8, 4) is 5.75 Å². The minimum absolute atomic E-state index is 0.228. The molecule has 0 amide bonds. The minimum Gasteiger partial charge on any atom is -0.486 e. The Kier molecular flexibility index (Phi) is 5.41. The number of aromatic nitrogens is 2. The van der Waals surface area contributed by atoms with E-state index in [4.69, 9.17) is 9.47 Å². The summed E-state index contributed by atoms with van der Waals surface area (Å²) < 4.78 is 10.9. The van der Waals surface area contributed by atoms with Crippen LogP contribution in [0.1, 0.15) is 34.6 Å². The molecule has 2 aliphatic rings. The molecule has 154 valence electrons. The van der Waals surface area contributed by atoms with E-state index >= 15 is 0 Å². The number of carbonyl (C=O) groups is 1. The Labute approximate surface area is 170 Å². The van der Waals surface area contributed by atoms with Gasteiger partial charge in [-0.05, 0) is 62.8 Å². The molecular formula is C22H27N3O4. The molecule has 1 aliphatic carbocycles. The first-order valence-electron chi connectivity index (χ1n) is 10.0. The number of fused-ring (bicyclic) bond motifs is 1. The van der Waals surface area contributed by atoms with Gasteiger partial charge in [-0.25, -0.2) is 9.78 Å². The van der Waals surface area contributed by atoms with Gasteiger partial charge in [-0.15, -0.1) is 0 Å². The van der Waals surface area contributed by atoms with Gasteiger partial charge in [-0.2, -0.15) is 0 Å². The van der Waals surface area contributed by atoms with Gasteiger partial charge in [0.05, 0.1) is 24.5 Å². The van der Waals surface area contributed by atoms with E-state index in [2.05, 4.69) is 14.9 Å². The largest absolute Gasteiger partial charge is 0.486 e. The van der Waals surface area contributed by atoms with Crippen LogP contribution in [-0.4, -0.2) is 53.5 Å². The highest BCUT2D eigenvalue weighted by molar-refractivity contribution is 5.89. The molecule has 3 heterocycles. The molecule has 0 aromatic carbocycles. The predicted octanol–water partition coefficient (Wildman–Crippen LogP) is 2.53. The highest BCUT2D eigenvalue weighted by Gasteiger charge is 2.43. The topological polar surface area (TPSA) is 84.8 Å². The average molecular weight is 397 g/mol. The molecular weight excluding hydrogens is 370 g/mol. The van der Waals surface area contributed by atoms with Crippen molar-refractivity contribution in [2.45, 2.75) is 38.9 Å². The number of pyridine rings is 2. The molecule has 1 aliphatic heterocycles. The Bertz CT molecular complexity index is 886. The second kappa shape index (κ2) is 7.99. The van der Waals surface area contributed by atoms with Crippen molar-refractivity contribution < 1.29 is 19.4 Å². The van der Waals surface area contributed by atoms with E-state index in [1.54, 1.807) is 12.3 Å². The lowest BCUT2D eigenvalue weighted by atomic mass is 9.78. The summed E-state index contributed by atoms with van der Waals surface area (Å²) in [6.45, 7) is 5.61. The molecule has 4 rings (SSSR count). The second-order valence-electron chi connectivity index (χ2n) is 8.05. The van der Waals surface area contributed by atoms with Crippen molar-refractivity contribution in [1.29, 1.82) is 0 Å². The smallest absolute Gasteiger partial charge is 0.339 e. The van der Waals surface area contributed by atoms with Crippen LogP contribution in [0.15, 0.2) is 30.5 Å². The van der Waals surface area contributed by atoms with E-state index in [1.165, 1.54) is 7.11 Å². The standard InChI is InChI=1S/C22H27N3O4/c1-13-4-6-19(14(2)24-13)29-20-9-17-12-25(11-16(17)8-18(20)26)21-7-5-15(10-23-21)22(27)28-3/h4-7,10,16-18,20,26H,8-9,11-12H2,1-3H3/t16-,17+,18+,20+/m0/s1. The van der Waals surface area contributed by atoms with E-state index in [1.807, 2.05) is 32.0 Å². The fourth-order valence-corrected chi connectivity index (χ4v) is 4.48. The fourth-order valence-electron chi connectivity index (χ4n) is 4.48. The fraction of sp³-hybridized carbons (Fsp3) is 0.500. The number of ether oxygens (including phenoxy) is 2. The van der Waals surface area contributed by atoms with Gasteiger partial charge >= 0.3 is 5.97 Å². The molecule has 1 saturated carbocycles. The summed E-state index contributed by atoms with van der Waals surface area (Å²) in [5.74, 6) is 2.04. The number of aliphatic hydroxyl groups excluding tert-OH is 1. The van der Waals surface area contributed by atoms with Crippen LogP contribution in [0.3, 0.4) is 0 Å². The maximum atomic E-state index is 11.6. The number of anilines is 1. The third-order valence-corrected chi connectivity index (χ3v) is 6.03. The molecule has 2 aromatic heterocycles. The highest BCUT2D eigenvalue weighted by atomic mass is 16.5. The molecule has 7 heteroatoms. The molecule has 4 atom stereocenters. The van der Waals surface area contributed by atoms with Gasteiger partial charge in [-0.3, -0.25) is 4.98 Å². The van der Waals surface area contributed by atoms with Crippen molar-refractivity contribution in [2.75, 3.05) is 25.1 Å². The number of esters is 1. The van der Waals surface area contributed by atoms with Crippen LogP contribution in [0.4, 0.5) is 5.82 Å². The Morgan fingerprint density at radius 1 is 1.14 bits per heavy atom. The Morgan fingerprint density at radius 2 is 1.90 bits per heavy atom. The SMILES string of the molecule is COC(=O)c1ccc(N2C[C@H]3C[C@@H](Oc4ccc(C)nc4C)[C@H](O)C[C@H]3C2)nc1. The van der Waals surface area contributed by atoms with E-state index in [0.717, 1.165) is 42.5 Å². The van der Waals surface area contributed by atoms with Gasteiger partial charge in [0, 0.05) is 25.0 Å². The van der Waals surface area contributed by atoms with Crippen molar-refractivity contribution in [3.63, 3.8) is 0 Å². The Hall–Kier alpha value is -2.67. The first-order chi connectivity index (χ1) is 13.9. The molecule has 0 unspecified atom stereocenters. The number of hydrogen-bond donors (Lipinski definition) is 1. The summed E-state index contributed by atoms with van der Waals surface area (Å²) in [4.78, 5) is 22.7. The summed E-state index contributed by atoms with van der Waals surface area (Å²) in [5, 5.41) is 10.7. The molecule has 2 fully saturated rings. The van der Waals surface area contributed by atoms with Crippen LogP contribution in [-0.2, 0) is 4.74 Å². The zero-order valence-electron chi connectivity index (χ0n) is 17.0. The minimum atomic E-state index is -0.494. The normalized spacial score (nSPS) is 26.1. The van der Waals surface area contributed by atoms with Gasteiger partial charge in [0.25, 0.3) is 0 Å². The average Bonchev–Trinajstić information content (AvgIpc) is 3.12. The molecule has 29 heavy (non-hydrogen) atoms. The number of carbonyl (C=O) groups excluding carboxylic acids is 1. The predicted molar refractivity (Wildman–Crippen MR) is 108 cm³/mol. The maximum Gasteiger partial charge on any atom is 0.339 e. The summed E-state index contributed by atoms with van der Waals surface area (Å²) >= 11 is 0. The Morgan fingerprint density at radius 3 is 2.55 bits per heavy atom. The highest BCUT2D eigenvalue weighted by Crippen LogP contribution is 2.39. The first-order valence-corrected chi connectivity index (χ1v) is 10.0. The molecule has 0 spiro atoms. The third-order valence-electron chi connectivity index (χ3n) is 6.03.